The molecule has 1 fully saturated rings. The molecule has 32 heavy (non-hydrogen) atoms. The number of methoxy groups -OCH3 is 2. The maximum atomic E-state index is 12.9. The SMILES string of the molecule is COc1cc(C(=O)NCc2ccccc2CN(C)C2CCCCC2)c([N+](=O)[O-])cc1OC. The summed E-state index contributed by atoms with van der Waals surface area (Å²) in [5, 5.41) is 14.4. The Kier molecular flexibility index (Phi) is 8.05. The van der Waals surface area contributed by atoms with Gasteiger partial charge in [-0.25, -0.2) is 0 Å². The summed E-state index contributed by atoms with van der Waals surface area (Å²) in [6.07, 6.45) is 6.31. The first-order chi connectivity index (χ1) is 15.4. The largest absolute Gasteiger partial charge is 0.493 e. The number of ether oxygens (including phenoxy) is 2. The zero-order chi connectivity index (χ0) is 23.1. The highest BCUT2D eigenvalue weighted by atomic mass is 16.6. The maximum absolute atomic E-state index is 12.9. The molecule has 1 aliphatic rings. The van der Waals surface area contributed by atoms with Gasteiger partial charge in [0, 0.05) is 25.2 Å². The van der Waals surface area contributed by atoms with E-state index in [1.165, 1.54) is 58.5 Å². The van der Waals surface area contributed by atoms with Crippen LogP contribution in [0.2, 0.25) is 0 Å². The average Bonchev–Trinajstić information content (AvgIpc) is 2.82. The molecule has 0 atom stereocenters. The Morgan fingerprint density at radius 1 is 1.09 bits per heavy atom. The van der Waals surface area contributed by atoms with Gasteiger partial charge in [-0.15, -0.1) is 0 Å². The van der Waals surface area contributed by atoms with Crippen LogP contribution in [0.15, 0.2) is 36.4 Å². The van der Waals surface area contributed by atoms with Crippen molar-refractivity contribution in [1.29, 1.82) is 0 Å². The van der Waals surface area contributed by atoms with Crippen LogP contribution in [0.5, 0.6) is 11.5 Å². The second-order valence-corrected chi connectivity index (χ2v) is 8.14. The molecule has 8 nitrogen and oxygen atoms in total. The van der Waals surface area contributed by atoms with Crippen LogP contribution in [0.3, 0.4) is 0 Å². The number of nitrogens with zero attached hydrogens (tertiary/aromatic N) is 2. The van der Waals surface area contributed by atoms with Gasteiger partial charge in [0.15, 0.2) is 11.5 Å². The molecule has 0 aliphatic heterocycles. The molecule has 0 spiro atoms. The molecule has 0 saturated heterocycles. The third-order valence-corrected chi connectivity index (χ3v) is 6.12. The molecule has 172 valence electrons. The van der Waals surface area contributed by atoms with Crippen molar-refractivity contribution in [2.75, 3.05) is 21.3 Å². The molecule has 2 aromatic carbocycles. The summed E-state index contributed by atoms with van der Waals surface area (Å²) in [4.78, 5) is 26.2. The Labute approximate surface area is 188 Å². The van der Waals surface area contributed by atoms with E-state index in [0.29, 0.717) is 6.04 Å². The quantitative estimate of drug-likeness (QED) is 0.460. The highest BCUT2D eigenvalue weighted by molar-refractivity contribution is 5.99. The third-order valence-electron chi connectivity index (χ3n) is 6.12. The molecule has 1 amide bonds. The van der Waals surface area contributed by atoms with Crippen LogP contribution in [0.1, 0.15) is 53.6 Å². The number of carbonyl (C=O) groups excluding carboxylic acids is 1. The van der Waals surface area contributed by atoms with Crippen LogP contribution in [0.25, 0.3) is 0 Å². The summed E-state index contributed by atoms with van der Waals surface area (Å²) in [5.41, 5.74) is 1.74. The second kappa shape index (κ2) is 10.9. The molecule has 1 N–H and O–H groups in total. The highest BCUT2D eigenvalue weighted by Crippen LogP contribution is 2.34. The fourth-order valence-corrected chi connectivity index (χ4v) is 4.28. The second-order valence-electron chi connectivity index (χ2n) is 8.14. The highest BCUT2D eigenvalue weighted by Gasteiger charge is 2.25. The van der Waals surface area contributed by atoms with E-state index in [9.17, 15) is 14.9 Å². The third kappa shape index (κ3) is 5.56. The summed E-state index contributed by atoms with van der Waals surface area (Å²) in [6, 6.07) is 11.1. The molecule has 0 unspecified atom stereocenters. The summed E-state index contributed by atoms with van der Waals surface area (Å²) < 4.78 is 10.3. The molecule has 1 saturated carbocycles. The minimum absolute atomic E-state index is 0.0653. The number of benzene rings is 2. The molecule has 8 heteroatoms. The molecule has 2 aromatic rings. The molecule has 3 rings (SSSR count). The molecule has 1 aliphatic carbocycles. The minimum atomic E-state index is -0.593. The van der Waals surface area contributed by atoms with E-state index in [1.54, 1.807) is 0 Å². The van der Waals surface area contributed by atoms with Crippen LogP contribution in [-0.4, -0.2) is 43.0 Å². The first kappa shape index (κ1) is 23.5. The van der Waals surface area contributed by atoms with E-state index in [0.717, 1.165) is 17.7 Å². The van der Waals surface area contributed by atoms with E-state index < -0.39 is 10.8 Å². The Balaban J connectivity index is 1.75. The minimum Gasteiger partial charge on any atom is -0.493 e. The normalized spacial score (nSPS) is 14.2. The zero-order valence-corrected chi connectivity index (χ0v) is 18.9. The van der Waals surface area contributed by atoms with Gasteiger partial charge < -0.3 is 14.8 Å². The van der Waals surface area contributed by atoms with E-state index in [1.807, 2.05) is 18.2 Å². The lowest BCUT2D eigenvalue weighted by atomic mass is 9.94. The summed E-state index contributed by atoms with van der Waals surface area (Å²) in [5.74, 6) is -0.0716. The number of amides is 1. The van der Waals surface area contributed by atoms with E-state index in [4.69, 9.17) is 9.47 Å². The standard InChI is InChI=1S/C24H31N3O5/c1-26(19-11-5-4-6-12-19)16-18-10-8-7-9-17(18)15-25-24(28)20-13-22(31-2)23(32-3)14-21(20)27(29)30/h7-10,13-14,19H,4-6,11-12,15-16H2,1-3H3,(H,25,28). The van der Waals surface area contributed by atoms with Gasteiger partial charge in [-0.2, -0.15) is 0 Å². The number of hydrogen-bond acceptors (Lipinski definition) is 6. The van der Waals surface area contributed by atoms with Crippen LogP contribution in [-0.2, 0) is 13.1 Å². The van der Waals surface area contributed by atoms with Crippen molar-refractivity contribution < 1.29 is 19.2 Å². The van der Waals surface area contributed by atoms with Crippen molar-refractivity contribution in [2.45, 2.75) is 51.2 Å². The molecular formula is C24H31N3O5. The molecular weight excluding hydrogens is 410 g/mol. The lowest BCUT2D eigenvalue weighted by Gasteiger charge is -2.31. The zero-order valence-electron chi connectivity index (χ0n) is 18.9. The summed E-state index contributed by atoms with van der Waals surface area (Å²) in [7, 11) is 4.96. The van der Waals surface area contributed by atoms with Crippen LogP contribution >= 0.6 is 0 Å². The van der Waals surface area contributed by atoms with Gasteiger partial charge in [-0.3, -0.25) is 19.8 Å². The summed E-state index contributed by atoms with van der Waals surface area (Å²) in [6.45, 7) is 1.08. The fourth-order valence-electron chi connectivity index (χ4n) is 4.28. The van der Waals surface area contributed by atoms with Crippen LogP contribution < -0.4 is 14.8 Å². The first-order valence-electron chi connectivity index (χ1n) is 10.9. The van der Waals surface area contributed by atoms with Crippen molar-refractivity contribution in [3.63, 3.8) is 0 Å². The topological polar surface area (TPSA) is 93.9 Å². The molecule has 0 radical (unpaired) electrons. The van der Waals surface area contributed by atoms with Gasteiger partial charge in [-0.05, 0) is 31.0 Å². The fraction of sp³-hybridized carbons (Fsp3) is 0.458. The van der Waals surface area contributed by atoms with E-state index in [-0.39, 0.29) is 29.3 Å². The number of rotatable bonds is 9. The van der Waals surface area contributed by atoms with E-state index in [2.05, 4.69) is 23.3 Å². The Morgan fingerprint density at radius 3 is 2.34 bits per heavy atom. The van der Waals surface area contributed by atoms with Crippen LogP contribution in [0, 0.1) is 10.1 Å². The van der Waals surface area contributed by atoms with Gasteiger partial charge in [0.1, 0.15) is 5.56 Å². The lowest BCUT2D eigenvalue weighted by molar-refractivity contribution is -0.385. The van der Waals surface area contributed by atoms with Crippen molar-refractivity contribution in [3.05, 3.63) is 63.2 Å². The van der Waals surface area contributed by atoms with Gasteiger partial charge in [0.05, 0.1) is 25.2 Å². The predicted octanol–water partition coefficient (Wildman–Crippen LogP) is 4.31. The smallest absolute Gasteiger partial charge is 0.286 e. The van der Waals surface area contributed by atoms with Crippen molar-refractivity contribution in [2.24, 2.45) is 0 Å². The predicted molar refractivity (Wildman–Crippen MR) is 122 cm³/mol. The van der Waals surface area contributed by atoms with Crippen molar-refractivity contribution >= 4 is 11.6 Å². The van der Waals surface area contributed by atoms with Crippen molar-refractivity contribution in [3.8, 4) is 11.5 Å². The monoisotopic (exact) mass is 441 g/mol. The Morgan fingerprint density at radius 2 is 1.72 bits per heavy atom. The number of hydrogen-bond donors (Lipinski definition) is 1. The Hall–Kier alpha value is -3.13. The first-order valence-corrected chi connectivity index (χ1v) is 10.9. The van der Waals surface area contributed by atoms with Gasteiger partial charge in [0.2, 0.25) is 0 Å². The lowest BCUT2D eigenvalue weighted by Crippen LogP contribution is -2.33. The molecule has 0 heterocycles. The number of carbonyl (C=O) groups is 1. The molecule has 0 aromatic heterocycles. The molecule has 0 bridgehead atoms. The van der Waals surface area contributed by atoms with E-state index >= 15 is 0 Å². The van der Waals surface area contributed by atoms with Gasteiger partial charge >= 0.3 is 0 Å². The number of nitro groups is 1. The van der Waals surface area contributed by atoms with Crippen LogP contribution in [0.4, 0.5) is 5.69 Å². The number of nitro benzene ring substituents is 1. The maximum Gasteiger partial charge on any atom is 0.286 e. The van der Waals surface area contributed by atoms with Gasteiger partial charge in [0.25, 0.3) is 11.6 Å². The van der Waals surface area contributed by atoms with Crippen molar-refractivity contribution in [1.82, 2.24) is 10.2 Å². The Bertz CT molecular complexity index is 957. The summed E-state index contributed by atoms with van der Waals surface area (Å²) >= 11 is 0. The number of nitrogens with one attached hydrogen (secondary N) is 1. The van der Waals surface area contributed by atoms with Gasteiger partial charge in [-0.1, -0.05) is 43.5 Å². The average molecular weight is 442 g/mol.